The number of allylic oxidation sites excluding steroid dienone is 2. The lowest BCUT2D eigenvalue weighted by molar-refractivity contribution is 0.331. The van der Waals surface area contributed by atoms with E-state index in [1.807, 2.05) is 36.9 Å². The number of aromatic amines is 1. The van der Waals surface area contributed by atoms with Crippen LogP contribution in [0.5, 0.6) is 0 Å². The smallest absolute Gasteiger partial charge is 0.152 e. The molecule has 4 aromatic rings. The van der Waals surface area contributed by atoms with Crippen LogP contribution in [-0.4, -0.2) is 32.9 Å². The topological polar surface area (TPSA) is 90.8 Å². The van der Waals surface area contributed by atoms with Gasteiger partial charge in [-0.3, -0.25) is 15.3 Å². The lowest BCUT2D eigenvalue weighted by Crippen LogP contribution is -2.22. The van der Waals surface area contributed by atoms with Crippen LogP contribution < -0.4 is 16.2 Å². The van der Waals surface area contributed by atoms with Gasteiger partial charge in [0.15, 0.2) is 5.82 Å². The first-order chi connectivity index (χ1) is 19.7. The Hall–Kier alpha value is -4.69. The highest BCUT2D eigenvalue weighted by Gasteiger charge is 2.36. The van der Waals surface area contributed by atoms with E-state index in [0.717, 1.165) is 75.8 Å². The molecule has 198 valence electrons. The molecular formula is C32H28FN7. The van der Waals surface area contributed by atoms with Crippen molar-refractivity contribution in [1.82, 2.24) is 30.6 Å². The van der Waals surface area contributed by atoms with Gasteiger partial charge in [-0.25, -0.2) is 9.37 Å². The summed E-state index contributed by atoms with van der Waals surface area (Å²) >= 11 is 0. The van der Waals surface area contributed by atoms with Gasteiger partial charge < -0.3 is 15.7 Å². The fourth-order valence-corrected chi connectivity index (χ4v) is 6.04. The number of H-pyrrole nitrogens is 1. The van der Waals surface area contributed by atoms with Gasteiger partial charge in [-0.2, -0.15) is 0 Å². The quantitative estimate of drug-likeness (QED) is 0.255. The second kappa shape index (κ2) is 9.20. The molecule has 0 radical (unpaired) electrons. The Morgan fingerprint density at radius 1 is 0.875 bits per heavy atom. The van der Waals surface area contributed by atoms with Gasteiger partial charge in [-0.15, -0.1) is 0 Å². The van der Waals surface area contributed by atoms with Crippen LogP contribution in [-0.2, 0) is 6.54 Å². The number of hydrogen-bond donors (Lipinski definition) is 4. The number of hydrogen-bond acceptors (Lipinski definition) is 6. The average Bonchev–Trinajstić information content (AvgIpc) is 3.37. The van der Waals surface area contributed by atoms with E-state index >= 15 is 0 Å². The molecule has 1 aromatic carbocycles. The molecule has 4 N–H and O–H groups in total. The minimum Gasteiger partial charge on any atom is -0.373 e. The summed E-state index contributed by atoms with van der Waals surface area (Å²) in [7, 11) is 0. The number of nitrogens with zero attached hydrogens (tertiary/aromatic N) is 3. The molecule has 3 aromatic heterocycles. The maximum atomic E-state index is 13.7. The van der Waals surface area contributed by atoms with E-state index in [0.29, 0.717) is 0 Å². The van der Waals surface area contributed by atoms with Gasteiger partial charge in [-0.1, -0.05) is 18.2 Å². The summed E-state index contributed by atoms with van der Waals surface area (Å²) in [4.78, 5) is 15.5. The minimum atomic E-state index is -0.238. The van der Waals surface area contributed by atoms with Crippen molar-refractivity contribution in [2.75, 3.05) is 18.5 Å². The number of hydrazine groups is 1. The number of rotatable bonds is 5. The molecule has 8 rings (SSSR count). The Morgan fingerprint density at radius 2 is 1.73 bits per heavy atom. The highest BCUT2D eigenvalue weighted by atomic mass is 19.1. The normalized spacial score (nSPS) is 19.0. The van der Waals surface area contributed by atoms with Crippen molar-refractivity contribution in [3.8, 4) is 11.1 Å². The second-order valence-electron chi connectivity index (χ2n) is 10.8. The number of benzene rings is 1. The third-order valence-electron chi connectivity index (χ3n) is 8.16. The lowest BCUT2D eigenvalue weighted by Gasteiger charge is -2.20. The predicted octanol–water partition coefficient (Wildman–Crippen LogP) is 5.50. The van der Waals surface area contributed by atoms with Crippen molar-refractivity contribution in [3.63, 3.8) is 0 Å². The number of halogens is 1. The van der Waals surface area contributed by atoms with Gasteiger partial charge in [0, 0.05) is 70.6 Å². The summed E-state index contributed by atoms with van der Waals surface area (Å²) in [5, 5.41) is 3.46. The van der Waals surface area contributed by atoms with Gasteiger partial charge in [0.25, 0.3) is 0 Å². The first kappa shape index (κ1) is 23.2. The highest BCUT2D eigenvalue weighted by molar-refractivity contribution is 5.91. The van der Waals surface area contributed by atoms with Crippen LogP contribution in [0, 0.1) is 5.82 Å². The molecule has 1 aliphatic carbocycles. The van der Waals surface area contributed by atoms with Crippen molar-refractivity contribution >= 4 is 17.0 Å². The van der Waals surface area contributed by atoms with Crippen LogP contribution >= 0.6 is 0 Å². The van der Waals surface area contributed by atoms with Gasteiger partial charge in [0.1, 0.15) is 11.9 Å². The molecule has 0 saturated carbocycles. The Bertz CT molecular complexity index is 1720. The van der Waals surface area contributed by atoms with Crippen molar-refractivity contribution in [1.29, 1.82) is 0 Å². The summed E-state index contributed by atoms with van der Waals surface area (Å²) < 4.78 is 13.7. The van der Waals surface area contributed by atoms with Crippen LogP contribution in [0.1, 0.15) is 52.5 Å². The summed E-state index contributed by atoms with van der Waals surface area (Å²) in [6.45, 7) is 3.24. The molecule has 4 aliphatic rings. The highest BCUT2D eigenvalue weighted by Crippen LogP contribution is 2.44. The molecular weight excluding hydrogens is 501 g/mol. The Kier molecular flexibility index (Phi) is 5.34. The van der Waals surface area contributed by atoms with Gasteiger partial charge in [0.2, 0.25) is 0 Å². The number of anilines is 1. The van der Waals surface area contributed by atoms with Crippen LogP contribution in [0.3, 0.4) is 0 Å². The largest absolute Gasteiger partial charge is 0.373 e. The molecule has 6 heterocycles. The zero-order valence-electron chi connectivity index (χ0n) is 21.8. The number of aromatic nitrogens is 3. The number of fused-ring (bicyclic) bond motifs is 4. The lowest BCUT2D eigenvalue weighted by atomic mass is 9.95. The molecule has 0 amide bonds. The molecule has 8 heteroatoms. The van der Waals surface area contributed by atoms with E-state index in [2.05, 4.69) is 61.4 Å². The van der Waals surface area contributed by atoms with Crippen LogP contribution in [0.15, 0.2) is 85.1 Å². The molecule has 2 saturated heterocycles. The summed E-state index contributed by atoms with van der Waals surface area (Å²) in [5.74, 6) is 0.533. The minimum absolute atomic E-state index is 0.154. The second-order valence-corrected chi connectivity index (χ2v) is 10.8. The molecule has 0 spiro atoms. The van der Waals surface area contributed by atoms with E-state index < -0.39 is 0 Å². The van der Waals surface area contributed by atoms with Gasteiger partial charge in [-0.05, 0) is 79.0 Å². The average molecular weight is 530 g/mol. The summed E-state index contributed by atoms with van der Waals surface area (Å²) in [5.41, 5.74) is 18.1. The zero-order valence-corrected chi connectivity index (χ0v) is 21.8. The third kappa shape index (κ3) is 4.08. The van der Waals surface area contributed by atoms with E-state index in [9.17, 15) is 4.39 Å². The van der Waals surface area contributed by atoms with E-state index in [1.54, 1.807) is 0 Å². The van der Waals surface area contributed by atoms with Crippen molar-refractivity contribution in [3.05, 3.63) is 125 Å². The molecule has 3 aliphatic heterocycles. The molecule has 0 bridgehead atoms. The van der Waals surface area contributed by atoms with Crippen molar-refractivity contribution in [2.45, 2.75) is 25.4 Å². The number of pyridine rings is 2. The predicted molar refractivity (Wildman–Crippen MR) is 154 cm³/mol. The Balaban J connectivity index is 1.16. The SMILES string of the molecule is Fc1ccc(C2=CC=C3N[C@H]3c3[nH]c(C4=CNNc5ncc(-c6cncc(CN7CCCC7)c6)cc54)cc32)cc1. The summed E-state index contributed by atoms with van der Waals surface area (Å²) in [6.07, 6.45) is 14.5. The monoisotopic (exact) mass is 529 g/mol. The molecule has 1 atom stereocenters. The zero-order chi connectivity index (χ0) is 26.6. The molecule has 7 nitrogen and oxygen atoms in total. The summed E-state index contributed by atoms with van der Waals surface area (Å²) in [6, 6.07) is 13.5. The molecule has 0 unspecified atom stereocenters. The fourth-order valence-electron chi connectivity index (χ4n) is 6.04. The fraction of sp³-hybridized carbons (Fsp3) is 0.188. The van der Waals surface area contributed by atoms with Crippen molar-refractivity contribution < 1.29 is 4.39 Å². The van der Waals surface area contributed by atoms with Crippen LogP contribution in [0.4, 0.5) is 10.2 Å². The number of likely N-dealkylation sites (tertiary alicyclic amines) is 1. The molecule has 2 fully saturated rings. The van der Waals surface area contributed by atoms with E-state index in [1.165, 1.54) is 36.2 Å². The first-order valence-corrected chi connectivity index (χ1v) is 13.8. The van der Waals surface area contributed by atoms with Crippen LogP contribution in [0.2, 0.25) is 0 Å². The molecule has 40 heavy (non-hydrogen) atoms. The van der Waals surface area contributed by atoms with Crippen LogP contribution in [0.25, 0.3) is 22.3 Å². The third-order valence-corrected chi connectivity index (χ3v) is 8.16. The van der Waals surface area contributed by atoms with Crippen molar-refractivity contribution in [2.24, 2.45) is 0 Å². The van der Waals surface area contributed by atoms with E-state index in [4.69, 9.17) is 4.98 Å². The standard InChI is InChI=1S/C32H28FN7/c33-23-5-3-20(4-6-23)24-7-8-28-31(37-28)30-25(24)13-29(38-30)27-17-36-39-32-26(27)12-22(16-35-32)21-11-19(14-34-15-21)18-40-9-1-2-10-40/h3-8,11-17,31,36-38H,1-2,9-10,18H2,(H,35,39)/t31-/m1/s1. The Morgan fingerprint density at radius 3 is 2.60 bits per heavy atom. The maximum Gasteiger partial charge on any atom is 0.152 e. The van der Waals surface area contributed by atoms with E-state index in [-0.39, 0.29) is 11.9 Å². The van der Waals surface area contributed by atoms with Gasteiger partial charge in [0.05, 0.1) is 5.69 Å². The number of nitrogens with one attached hydrogen (secondary N) is 4. The Labute approximate surface area is 231 Å². The van der Waals surface area contributed by atoms with Gasteiger partial charge >= 0.3 is 0 Å². The maximum absolute atomic E-state index is 13.7. The first-order valence-electron chi connectivity index (χ1n) is 13.8.